The maximum Gasteiger partial charge on any atom is 0.255 e. The van der Waals surface area contributed by atoms with E-state index >= 15 is 0 Å². The van der Waals surface area contributed by atoms with Crippen LogP contribution in [-0.4, -0.2) is 4.57 Å². The number of aromatic nitrogens is 1. The first-order valence-electron chi connectivity index (χ1n) is 7.62. The van der Waals surface area contributed by atoms with Crippen molar-refractivity contribution in [3.63, 3.8) is 0 Å². The Kier molecular flexibility index (Phi) is 4.00. The fraction of sp³-hybridized carbons (Fsp3) is 0.471. The van der Waals surface area contributed by atoms with Crippen molar-refractivity contribution < 1.29 is 0 Å². The Hall–Kier alpha value is -1.39. The number of pyridine rings is 1. The van der Waals surface area contributed by atoms with Gasteiger partial charge in [-0.3, -0.25) is 4.79 Å². The molecule has 1 unspecified atom stereocenters. The van der Waals surface area contributed by atoms with Gasteiger partial charge in [-0.15, -0.1) is 11.3 Å². The summed E-state index contributed by atoms with van der Waals surface area (Å²) in [4.78, 5) is 13.9. The maximum atomic E-state index is 12.9. The summed E-state index contributed by atoms with van der Waals surface area (Å²) in [5.74, 6) is 0.459. The van der Waals surface area contributed by atoms with Crippen molar-refractivity contribution in [2.75, 3.05) is 0 Å². The second-order valence-electron chi connectivity index (χ2n) is 6.23. The van der Waals surface area contributed by atoms with Gasteiger partial charge in [-0.05, 0) is 48.3 Å². The monoisotopic (exact) mass is 302 g/mol. The number of nitrogens with two attached hydrogens (primary N) is 1. The summed E-state index contributed by atoms with van der Waals surface area (Å²) >= 11 is 1.61. The molecule has 0 spiro atoms. The van der Waals surface area contributed by atoms with Crippen LogP contribution in [0.3, 0.4) is 0 Å². The number of nitrogens with zero attached hydrogens (tertiary/aromatic N) is 1. The minimum Gasteiger partial charge on any atom is -0.319 e. The normalized spacial score (nSPS) is 15.4. The zero-order chi connectivity index (χ0) is 15.0. The van der Waals surface area contributed by atoms with Crippen LogP contribution in [0.4, 0.5) is 0 Å². The SMILES string of the molecule is CC(C)Cn1c2c(cc(C(N)c3cccs3)c1=O)CCC2. The number of thiophene rings is 1. The Morgan fingerprint density at radius 3 is 2.86 bits per heavy atom. The Balaban J connectivity index is 2.12. The van der Waals surface area contributed by atoms with Crippen LogP contribution in [0.2, 0.25) is 0 Å². The molecule has 0 aliphatic heterocycles. The highest BCUT2D eigenvalue weighted by atomic mass is 32.1. The molecule has 2 heterocycles. The smallest absolute Gasteiger partial charge is 0.255 e. The molecule has 0 radical (unpaired) electrons. The minimum atomic E-state index is -0.304. The first kappa shape index (κ1) is 14.5. The molecule has 1 aliphatic carbocycles. The van der Waals surface area contributed by atoms with Crippen LogP contribution in [0.25, 0.3) is 0 Å². The van der Waals surface area contributed by atoms with E-state index in [0.29, 0.717) is 5.92 Å². The van der Waals surface area contributed by atoms with Crippen molar-refractivity contribution in [1.29, 1.82) is 0 Å². The van der Waals surface area contributed by atoms with E-state index in [0.717, 1.165) is 36.2 Å². The Labute approximate surface area is 129 Å². The van der Waals surface area contributed by atoms with Gasteiger partial charge < -0.3 is 10.3 Å². The lowest BCUT2D eigenvalue weighted by molar-refractivity contribution is 0.494. The molecule has 0 saturated heterocycles. The van der Waals surface area contributed by atoms with Crippen molar-refractivity contribution in [3.05, 3.63) is 55.6 Å². The highest BCUT2D eigenvalue weighted by molar-refractivity contribution is 7.10. The molecule has 0 aromatic carbocycles. The molecule has 1 atom stereocenters. The van der Waals surface area contributed by atoms with Gasteiger partial charge in [0.15, 0.2) is 0 Å². The fourth-order valence-electron chi connectivity index (χ4n) is 3.15. The largest absolute Gasteiger partial charge is 0.319 e. The third kappa shape index (κ3) is 2.70. The second kappa shape index (κ2) is 5.78. The summed E-state index contributed by atoms with van der Waals surface area (Å²) in [7, 11) is 0. The van der Waals surface area contributed by atoms with Crippen LogP contribution >= 0.6 is 11.3 Å². The van der Waals surface area contributed by atoms with Crippen LogP contribution in [0.1, 0.15) is 48.0 Å². The average Bonchev–Trinajstić information content (AvgIpc) is 3.10. The van der Waals surface area contributed by atoms with E-state index in [4.69, 9.17) is 5.73 Å². The molecule has 0 saturated carbocycles. The fourth-order valence-corrected chi connectivity index (χ4v) is 3.89. The number of rotatable bonds is 4. The van der Waals surface area contributed by atoms with Gasteiger partial charge in [0, 0.05) is 22.7 Å². The molecule has 1 aliphatic rings. The number of fused-ring (bicyclic) bond motifs is 1. The van der Waals surface area contributed by atoms with E-state index in [-0.39, 0.29) is 11.6 Å². The first-order valence-corrected chi connectivity index (χ1v) is 8.50. The van der Waals surface area contributed by atoms with E-state index in [9.17, 15) is 4.79 Å². The molecular formula is C17H22N2OS. The average molecular weight is 302 g/mol. The molecule has 2 N–H and O–H groups in total. The summed E-state index contributed by atoms with van der Waals surface area (Å²) in [5, 5.41) is 2.01. The van der Waals surface area contributed by atoms with Crippen molar-refractivity contribution >= 4 is 11.3 Å². The zero-order valence-electron chi connectivity index (χ0n) is 12.6. The number of aryl methyl sites for hydroxylation is 1. The van der Waals surface area contributed by atoms with E-state index in [1.54, 1.807) is 11.3 Å². The molecule has 3 rings (SSSR count). The van der Waals surface area contributed by atoms with Crippen molar-refractivity contribution in [2.45, 2.75) is 45.7 Å². The third-order valence-electron chi connectivity index (χ3n) is 4.11. The standard InChI is InChI=1S/C17H22N2OS/c1-11(2)10-19-14-6-3-5-12(14)9-13(17(19)20)16(18)15-7-4-8-21-15/h4,7-9,11,16H,3,5-6,10,18H2,1-2H3. The van der Waals surface area contributed by atoms with Gasteiger partial charge in [0.05, 0.1) is 6.04 Å². The zero-order valence-corrected chi connectivity index (χ0v) is 13.5. The molecule has 4 heteroatoms. The molecule has 2 aromatic rings. The number of hydrogen-bond acceptors (Lipinski definition) is 3. The summed E-state index contributed by atoms with van der Waals surface area (Å²) in [6.07, 6.45) is 3.23. The third-order valence-corrected chi connectivity index (χ3v) is 5.07. The van der Waals surface area contributed by atoms with Gasteiger partial charge >= 0.3 is 0 Å². The molecule has 21 heavy (non-hydrogen) atoms. The molecule has 0 bridgehead atoms. The predicted octanol–water partition coefficient (Wildman–Crippen LogP) is 3.10. The highest BCUT2D eigenvalue weighted by Crippen LogP contribution is 2.27. The molecule has 112 valence electrons. The van der Waals surface area contributed by atoms with E-state index < -0.39 is 0 Å². The summed E-state index contributed by atoms with van der Waals surface area (Å²) in [6.45, 7) is 5.09. The Bertz CT molecular complexity index is 686. The Morgan fingerprint density at radius 1 is 1.38 bits per heavy atom. The van der Waals surface area contributed by atoms with Crippen molar-refractivity contribution in [1.82, 2.24) is 4.57 Å². The quantitative estimate of drug-likeness (QED) is 0.943. The lowest BCUT2D eigenvalue weighted by Gasteiger charge is -2.18. The van der Waals surface area contributed by atoms with Gasteiger partial charge in [0.2, 0.25) is 0 Å². The van der Waals surface area contributed by atoms with Gasteiger partial charge in [-0.1, -0.05) is 19.9 Å². The van der Waals surface area contributed by atoms with Crippen molar-refractivity contribution in [3.8, 4) is 0 Å². The van der Waals surface area contributed by atoms with Crippen molar-refractivity contribution in [2.24, 2.45) is 11.7 Å². The van der Waals surface area contributed by atoms with Gasteiger partial charge in [0.25, 0.3) is 5.56 Å². The van der Waals surface area contributed by atoms with Gasteiger partial charge in [-0.2, -0.15) is 0 Å². The van der Waals surface area contributed by atoms with E-state index in [2.05, 4.69) is 19.9 Å². The number of hydrogen-bond donors (Lipinski definition) is 1. The van der Waals surface area contributed by atoms with E-state index in [1.807, 2.05) is 22.1 Å². The molecule has 3 nitrogen and oxygen atoms in total. The molecule has 0 fully saturated rings. The van der Waals surface area contributed by atoms with Crippen LogP contribution in [0.5, 0.6) is 0 Å². The summed E-state index contributed by atoms with van der Waals surface area (Å²) < 4.78 is 1.98. The summed E-state index contributed by atoms with van der Waals surface area (Å²) in [5.41, 5.74) is 9.75. The molecule has 2 aromatic heterocycles. The Morgan fingerprint density at radius 2 is 2.19 bits per heavy atom. The summed E-state index contributed by atoms with van der Waals surface area (Å²) in [6, 6.07) is 5.75. The van der Waals surface area contributed by atoms with Gasteiger partial charge in [-0.25, -0.2) is 0 Å². The lowest BCUT2D eigenvalue weighted by Crippen LogP contribution is -2.32. The van der Waals surface area contributed by atoms with E-state index in [1.165, 1.54) is 11.3 Å². The second-order valence-corrected chi connectivity index (χ2v) is 7.21. The van der Waals surface area contributed by atoms with Crippen LogP contribution in [0.15, 0.2) is 28.4 Å². The van der Waals surface area contributed by atoms with Crippen LogP contribution in [0, 0.1) is 5.92 Å². The highest BCUT2D eigenvalue weighted by Gasteiger charge is 2.23. The van der Waals surface area contributed by atoms with Crippen LogP contribution < -0.4 is 11.3 Å². The van der Waals surface area contributed by atoms with Gasteiger partial charge in [0.1, 0.15) is 0 Å². The first-order chi connectivity index (χ1) is 10.1. The lowest BCUT2D eigenvalue weighted by atomic mass is 10.0. The molecular weight excluding hydrogens is 280 g/mol. The minimum absolute atomic E-state index is 0.102. The topological polar surface area (TPSA) is 48.0 Å². The molecule has 0 amide bonds. The predicted molar refractivity (Wildman–Crippen MR) is 87.9 cm³/mol. The maximum absolute atomic E-state index is 12.9. The van der Waals surface area contributed by atoms with Crippen LogP contribution in [-0.2, 0) is 19.4 Å².